The van der Waals surface area contributed by atoms with E-state index in [1.54, 1.807) is 14.2 Å². The first-order chi connectivity index (χ1) is 11.7. The summed E-state index contributed by atoms with van der Waals surface area (Å²) in [6.45, 7) is 21.7. The molecule has 0 aliphatic heterocycles. The molecule has 0 fully saturated rings. The fraction of sp³-hybridized carbons (Fsp3) is 0.727. The van der Waals surface area contributed by atoms with Gasteiger partial charge in [-0.15, -0.1) is 0 Å². The molecule has 0 aliphatic rings. The van der Waals surface area contributed by atoms with Gasteiger partial charge >= 0.3 is 0 Å². The minimum Gasteiger partial charge on any atom is -0.501 e. The summed E-state index contributed by atoms with van der Waals surface area (Å²) in [4.78, 5) is 0. The first-order valence-electron chi connectivity index (χ1n) is 9.26. The Morgan fingerprint density at radius 3 is 1.00 bits per heavy atom. The molecule has 0 aliphatic carbocycles. The molecule has 0 atom stereocenters. The molecular weight excluding hydrogens is 324 g/mol. The van der Waals surface area contributed by atoms with Crippen LogP contribution in [0.25, 0.3) is 0 Å². The molecule has 4 heteroatoms. The SMILES string of the molecule is CO/C(C)=C(/C)C(C)=[N+](C)C(C)(C)C(C)(C)[N+](C)=C(C)/C(C)=C(/C)OC. The summed E-state index contributed by atoms with van der Waals surface area (Å²) in [6.07, 6.45) is 0. The quantitative estimate of drug-likeness (QED) is 0.373. The third-order valence-electron chi connectivity index (χ3n) is 6.93. The molecule has 0 rings (SSSR count). The van der Waals surface area contributed by atoms with E-state index in [0.29, 0.717) is 0 Å². The zero-order chi connectivity index (χ0) is 21.0. The van der Waals surface area contributed by atoms with Crippen LogP contribution in [-0.4, -0.2) is 60.0 Å². The monoisotopic (exact) mass is 366 g/mol. The van der Waals surface area contributed by atoms with Gasteiger partial charge in [-0.1, -0.05) is 0 Å². The fourth-order valence-corrected chi connectivity index (χ4v) is 2.98. The van der Waals surface area contributed by atoms with E-state index in [1.807, 2.05) is 13.8 Å². The maximum absolute atomic E-state index is 5.43. The standard InChI is InChI=1S/C22H42N2O2/c1-15(19(5)25-13)17(3)23(11)21(7,8)22(9,10)24(12)18(4)16(2)20(6)26-14/h1-14H3/q+2/b19-15-,20-16-,23-17?,24-18?. The van der Waals surface area contributed by atoms with Crippen LogP contribution < -0.4 is 0 Å². The molecule has 0 heterocycles. The lowest BCUT2D eigenvalue weighted by molar-refractivity contribution is -0.686. The second-order valence-electron chi connectivity index (χ2n) is 8.18. The van der Waals surface area contributed by atoms with Crippen LogP contribution in [0.5, 0.6) is 0 Å². The van der Waals surface area contributed by atoms with Crippen LogP contribution in [0.3, 0.4) is 0 Å². The molecule has 0 bridgehead atoms. The number of ether oxygens (including phenoxy) is 2. The predicted octanol–water partition coefficient (Wildman–Crippen LogP) is 4.63. The Bertz CT molecular complexity index is 602. The minimum absolute atomic E-state index is 0.135. The third kappa shape index (κ3) is 4.57. The summed E-state index contributed by atoms with van der Waals surface area (Å²) in [7, 11) is 7.77. The van der Waals surface area contributed by atoms with E-state index in [9.17, 15) is 0 Å². The number of hydrogen-bond acceptors (Lipinski definition) is 2. The highest BCUT2D eigenvalue weighted by Gasteiger charge is 2.53. The number of hydrogen-bond donors (Lipinski definition) is 0. The average molecular weight is 367 g/mol. The fourth-order valence-electron chi connectivity index (χ4n) is 2.98. The van der Waals surface area contributed by atoms with E-state index in [-0.39, 0.29) is 11.1 Å². The van der Waals surface area contributed by atoms with E-state index in [2.05, 4.69) is 78.6 Å². The lowest BCUT2D eigenvalue weighted by Gasteiger charge is -2.35. The van der Waals surface area contributed by atoms with Gasteiger partial charge < -0.3 is 9.47 Å². The lowest BCUT2D eigenvalue weighted by Crippen LogP contribution is -2.60. The summed E-state index contributed by atoms with van der Waals surface area (Å²) in [6, 6.07) is 0. The molecule has 0 spiro atoms. The first kappa shape index (κ1) is 24.4. The molecule has 0 radical (unpaired) electrons. The molecule has 0 saturated heterocycles. The van der Waals surface area contributed by atoms with Gasteiger partial charge in [-0.05, 0) is 27.7 Å². The maximum Gasteiger partial charge on any atom is 0.219 e. The van der Waals surface area contributed by atoms with Crippen molar-refractivity contribution in [1.82, 2.24) is 0 Å². The molecular formula is C22H42N2O2+2. The molecule has 0 aromatic carbocycles. The summed E-state index contributed by atoms with van der Waals surface area (Å²) in [5, 5.41) is 0. The normalized spacial score (nSPS) is 17.0. The van der Waals surface area contributed by atoms with Crippen molar-refractivity contribution in [2.24, 2.45) is 0 Å². The van der Waals surface area contributed by atoms with Gasteiger partial charge in [0.25, 0.3) is 0 Å². The summed E-state index contributed by atoms with van der Waals surface area (Å²) in [5.74, 6) is 1.90. The highest BCUT2D eigenvalue weighted by Crippen LogP contribution is 2.29. The van der Waals surface area contributed by atoms with Crippen molar-refractivity contribution < 1.29 is 18.6 Å². The van der Waals surface area contributed by atoms with Gasteiger partial charge in [-0.3, -0.25) is 0 Å². The van der Waals surface area contributed by atoms with Crippen molar-refractivity contribution >= 4 is 11.4 Å². The second-order valence-corrected chi connectivity index (χ2v) is 8.18. The molecule has 150 valence electrons. The molecule has 0 amide bonds. The first-order valence-corrected chi connectivity index (χ1v) is 9.26. The number of rotatable bonds is 7. The third-order valence-corrected chi connectivity index (χ3v) is 6.93. The van der Waals surface area contributed by atoms with Gasteiger partial charge in [-0.2, -0.15) is 0 Å². The Balaban J connectivity index is 6.44. The van der Waals surface area contributed by atoms with Crippen LogP contribution in [0.15, 0.2) is 22.7 Å². The zero-order valence-corrected chi connectivity index (χ0v) is 19.7. The molecule has 0 aromatic heterocycles. The summed E-state index contributed by atoms with van der Waals surface area (Å²) >= 11 is 0. The van der Waals surface area contributed by atoms with E-state index >= 15 is 0 Å². The van der Waals surface area contributed by atoms with E-state index in [0.717, 1.165) is 11.5 Å². The van der Waals surface area contributed by atoms with Crippen LogP contribution in [0.4, 0.5) is 0 Å². The van der Waals surface area contributed by atoms with Crippen molar-refractivity contribution in [1.29, 1.82) is 0 Å². The van der Waals surface area contributed by atoms with Crippen molar-refractivity contribution in [3.05, 3.63) is 22.7 Å². The van der Waals surface area contributed by atoms with E-state index < -0.39 is 0 Å². The molecule has 0 saturated carbocycles. The Morgan fingerprint density at radius 2 is 0.808 bits per heavy atom. The van der Waals surface area contributed by atoms with Gasteiger partial charge in [0.15, 0.2) is 11.4 Å². The van der Waals surface area contributed by atoms with Gasteiger partial charge in [-0.25, -0.2) is 9.15 Å². The zero-order valence-electron chi connectivity index (χ0n) is 19.7. The van der Waals surface area contributed by atoms with Crippen LogP contribution in [-0.2, 0) is 9.47 Å². The Labute approximate surface area is 161 Å². The van der Waals surface area contributed by atoms with Crippen molar-refractivity contribution in [3.8, 4) is 0 Å². The molecule has 0 aromatic rings. The van der Waals surface area contributed by atoms with Gasteiger partial charge in [0.05, 0.1) is 25.4 Å². The number of methoxy groups -OCH3 is 2. The Hall–Kier alpha value is -1.58. The molecule has 0 unspecified atom stereocenters. The Morgan fingerprint density at radius 1 is 0.577 bits per heavy atom. The molecule has 0 N–H and O–H groups in total. The molecule has 26 heavy (non-hydrogen) atoms. The largest absolute Gasteiger partial charge is 0.501 e. The highest BCUT2D eigenvalue weighted by molar-refractivity contribution is 5.94. The average Bonchev–Trinajstić information content (AvgIpc) is 2.62. The van der Waals surface area contributed by atoms with Gasteiger partial charge in [0.1, 0.15) is 25.6 Å². The van der Waals surface area contributed by atoms with Crippen molar-refractivity contribution in [2.75, 3.05) is 28.3 Å². The minimum atomic E-state index is -0.135. The second kappa shape index (κ2) is 8.88. The van der Waals surface area contributed by atoms with Crippen molar-refractivity contribution in [3.63, 3.8) is 0 Å². The molecule has 4 nitrogen and oxygen atoms in total. The van der Waals surface area contributed by atoms with E-state index in [4.69, 9.17) is 9.47 Å². The summed E-state index contributed by atoms with van der Waals surface area (Å²) in [5.41, 5.74) is 4.51. The number of nitrogens with zero attached hydrogens (tertiary/aromatic N) is 2. The van der Waals surface area contributed by atoms with Crippen molar-refractivity contribution in [2.45, 2.75) is 80.3 Å². The number of likely N-dealkylation sites (N-methyl/N-ethyl adjacent to an activating group) is 2. The number of allylic oxidation sites excluding steroid dienone is 4. The van der Waals surface area contributed by atoms with Gasteiger partial charge in [0, 0.05) is 41.5 Å². The van der Waals surface area contributed by atoms with Crippen LogP contribution in [0, 0.1) is 0 Å². The Kier molecular flexibility index (Phi) is 8.34. The topological polar surface area (TPSA) is 24.5 Å². The predicted molar refractivity (Wildman–Crippen MR) is 113 cm³/mol. The highest BCUT2D eigenvalue weighted by atomic mass is 16.5. The van der Waals surface area contributed by atoms with Crippen LogP contribution in [0.1, 0.15) is 69.2 Å². The van der Waals surface area contributed by atoms with Gasteiger partial charge in [0.2, 0.25) is 11.1 Å². The van der Waals surface area contributed by atoms with Crippen LogP contribution in [0.2, 0.25) is 0 Å². The smallest absolute Gasteiger partial charge is 0.219 e. The lowest BCUT2D eigenvalue weighted by atomic mass is 9.80. The van der Waals surface area contributed by atoms with Crippen LogP contribution >= 0.6 is 0 Å². The van der Waals surface area contributed by atoms with E-state index in [1.165, 1.54) is 22.6 Å². The maximum atomic E-state index is 5.43. The summed E-state index contributed by atoms with van der Waals surface area (Å²) < 4.78 is 15.6.